The topological polar surface area (TPSA) is 20.2 Å². The molecule has 1 heteroatoms. The van der Waals surface area contributed by atoms with Gasteiger partial charge in [0.05, 0.1) is 0 Å². The number of rotatable bonds is 0. The van der Waals surface area contributed by atoms with Crippen LogP contribution in [-0.4, -0.2) is 5.11 Å². The lowest BCUT2D eigenvalue weighted by atomic mass is 9.76. The van der Waals surface area contributed by atoms with Crippen LogP contribution < -0.4 is 0 Å². The predicted molar refractivity (Wildman–Crippen MR) is 102 cm³/mol. The van der Waals surface area contributed by atoms with Crippen LogP contribution in [0.5, 0.6) is 5.75 Å². The minimum Gasteiger partial charge on any atom is -0.508 e. The van der Waals surface area contributed by atoms with Gasteiger partial charge >= 0.3 is 0 Å². The Morgan fingerprint density at radius 2 is 1.13 bits per heavy atom. The maximum Gasteiger partial charge on any atom is 0.119 e. The second-order valence-corrected chi connectivity index (χ2v) is 9.86. The van der Waals surface area contributed by atoms with Crippen molar-refractivity contribution >= 4 is 10.8 Å². The zero-order valence-corrected chi connectivity index (χ0v) is 16.3. The zero-order valence-electron chi connectivity index (χ0n) is 16.3. The van der Waals surface area contributed by atoms with Crippen molar-refractivity contribution in [2.45, 2.75) is 78.6 Å². The quantitative estimate of drug-likeness (QED) is 0.593. The van der Waals surface area contributed by atoms with Gasteiger partial charge in [-0.2, -0.15) is 0 Å². The van der Waals surface area contributed by atoms with Gasteiger partial charge in [-0.25, -0.2) is 0 Å². The highest BCUT2D eigenvalue weighted by molar-refractivity contribution is 5.90. The molecule has 2 aromatic carbocycles. The van der Waals surface area contributed by atoms with E-state index in [4.69, 9.17) is 0 Å². The molecule has 0 saturated heterocycles. The molecule has 0 spiro atoms. The SMILES string of the molecule is CC(C)(C)c1cc(C(C)(C)C)c2cc(O)c(C(C)(C)C)cc2c1. The second kappa shape index (κ2) is 5.26. The molecule has 0 aromatic heterocycles. The lowest BCUT2D eigenvalue weighted by molar-refractivity contribution is 0.447. The Balaban J connectivity index is 2.91. The number of aromatic hydroxyl groups is 1. The maximum atomic E-state index is 10.6. The highest BCUT2D eigenvalue weighted by Crippen LogP contribution is 2.40. The van der Waals surface area contributed by atoms with Crippen molar-refractivity contribution in [1.82, 2.24) is 0 Å². The lowest BCUT2D eigenvalue weighted by Gasteiger charge is -2.28. The third kappa shape index (κ3) is 3.54. The molecule has 0 aliphatic rings. The molecule has 0 atom stereocenters. The molecule has 0 aliphatic carbocycles. The molecule has 0 aliphatic heterocycles. The van der Waals surface area contributed by atoms with E-state index in [0.717, 1.165) is 10.9 Å². The summed E-state index contributed by atoms with van der Waals surface area (Å²) in [6.45, 7) is 19.9. The van der Waals surface area contributed by atoms with E-state index < -0.39 is 0 Å². The van der Waals surface area contributed by atoms with Gasteiger partial charge < -0.3 is 5.11 Å². The van der Waals surface area contributed by atoms with Gasteiger partial charge in [0.1, 0.15) is 5.75 Å². The molecule has 0 saturated carbocycles. The standard InChI is InChI=1S/C22H32O/c1-20(2,3)15-10-14-11-18(22(7,8)9)19(23)13-16(14)17(12-15)21(4,5)6/h10-13,23H,1-9H3. The zero-order chi connectivity index (χ0) is 17.8. The lowest BCUT2D eigenvalue weighted by Crippen LogP contribution is -2.17. The van der Waals surface area contributed by atoms with Crippen molar-refractivity contribution < 1.29 is 5.11 Å². The number of phenolic OH excluding ortho intramolecular Hbond substituents is 1. The highest BCUT2D eigenvalue weighted by atomic mass is 16.3. The smallest absolute Gasteiger partial charge is 0.119 e. The van der Waals surface area contributed by atoms with Crippen LogP contribution >= 0.6 is 0 Å². The monoisotopic (exact) mass is 312 g/mol. The molecule has 0 amide bonds. The molecule has 0 unspecified atom stereocenters. The van der Waals surface area contributed by atoms with Crippen molar-refractivity contribution in [2.24, 2.45) is 0 Å². The van der Waals surface area contributed by atoms with E-state index in [2.05, 4.69) is 80.5 Å². The molecule has 0 radical (unpaired) electrons. The van der Waals surface area contributed by atoms with Crippen LogP contribution in [0.4, 0.5) is 0 Å². The van der Waals surface area contributed by atoms with Crippen molar-refractivity contribution in [2.75, 3.05) is 0 Å². The highest BCUT2D eigenvalue weighted by Gasteiger charge is 2.25. The van der Waals surface area contributed by atoms with Gasteiger partial charge in [-0.15, -0.1) is 0 Å². The molecule has 1 N–H and O–H groups in total. The van der Waals surface area contributed by atoms with E-state index in [-0.39, 0.29) is 16.2 Å². The average Bonchev–Trinajstić information content (AvgIpc) is 2.32. The van der Waals surface area contributed by atoms with Crippen LogP contribution in [0, 0.1) is 0 Å². The fourth-order valence-electron chi connectivity index (χ4n) is 3.05. The van der Waals surface area contributed by atoms with Crippen LogP contribution in [0.2, 0.25) is 0 Å². The van der Waals surface area contributed by atoms with E-state index in [9.17, 15) is 5.11 Å². The molecule has 126 valence electrons. The molecular formula is C22H32O. The van der Waals surface area contributed by atoms with Crippen LogP contribution in [0.25, 0.3) is 10.8 Å². The normalized spacial score (nSPS) is 13.6. The van der Waals surface area contributed by atoms with Gasteiger partial charge in [-0.05, 0) is 55.8 Å². The minimum absolute atomic E-state index is 0.0369. The van der Waals surface area contributed by atoms with Gasteiger partial charge in [0.2, 0.25) is 0 Å². The number of fused-ring (bicyclic) bond motifs is 1. The average molecular weight is 312 g/mol. The Kier molecular flexibility index (Phi) is 4.08. The second-order valence-electron chi connectivity index (χ2n) is 9.86. The Morgan fingerprint density at radius 1 is 0.609 bits per heavy atom. The van der Waals surface area contributed by atoms with E-state index in [0.29, 0.717) is 5.75 Å². The fourth-order valence-corrected chi connectivity index (χ4v) is 3.05. The minimum atomic E-state index is -0.0715. The summed E-state index contributed by atoms with van der Waals surface area (Å²) in [5, 5.41) is 13.0. The number of phenols is 1. The molecule has 2 rings (SSSR count). The van der Waals surface area contributed by atoms with Crippen LogP contribution in [0.1, 0.15) is 79.0 Å². The van der Waals surface area contributed by atoms with E-state index >= 15 is 0 Å². The number of benzene rings is 2. The molecular weight excluding hydrogens is 280 g/mol. The fraction of sp³-hybridized carbons (Fsp3) is 0.545. The third-order valence-corrected chi connectivity index (χ3v) is 4.55. The van der Waals surface area contributed by atoms with Crippen molar-refractivity contribution in [1.29, 1.82) is 0 Å². The first-order valence-corrected chi connectivity index (χ1v) is 8.53. The molecule has 1 nitrogen and oxygen atoms in total. The first kappa shape index (κ1) is 17.8. The molecule has 23 heavy (non-hydrogen) atoms. The summed E-state index contributed by atoms with van der Waals surface area (Å²) in [7, 11) is 0. The summed E-state index contributed by atoms with van der Waals surface area (Å²) in [4.78, 5) is 0. The van der Waals surface area contributed by atoms with Gasteiger partial charge in [0.25, 0.3) is 0 Å². The third-order valence-electron chi connectivity index (χ3n) is 4.55. The van der Waals surface area contributed by atoms with Gasteiger partial charge in [-0.1, -0.05) is 74.4 Å². The van der Waals surface area contributed by atoms with Crippen LogP contribution in [0.15, 0.2) is 24.3 Å². The Bertz CT molecular complexity index is 732. The maximum absolute atomic E-state index is 10.6. The summed E-state index contributed by atoms with van der Waals surface area (Å²) in [5.41, 5.74) is 3.73. The molecule has 0 heterocycles. The van der Waals surface area contributed by atoms with E-state index in [1.807, 2.05) is 6.07 Å². The number of hydrogen-bond acceptors (Lipinski definition) is 1. The van der Waals surface area contributed by atoms with Gasteiger partial charge in [-0.3, -0.25) is 0 Å². The van der Waals surface area contributed by atoms with Crippen LogP contribution in [-0.2, 0) is 16.2 Å². The first-order chi connectivity index (χ1) is 10.2. The summed E-state index contributed by atoms with van der Waals surface area (Å²) in [6, 6.07) is 8.75. The summed E-state index contributed by atoms with van der Waals surface area (Å²) in [5.74, 6) is 0.402. The first-order valence-electron chi connectivity index (χ1n) is 8.53. The largest absolute Gasteiger partial charge is 0.508 e. The molecule has 0 bridgehead atoms. The van der Waals surface area contributed by atoms with Crippen molar-refractivity contribution in [3.63, 3.8) is 0 Å². The predicted octanol–water partition coefficient (Wildman–Crippen LogP) is 6.44. The number of hydrogen-bond donors (Lipinski definition) is 1. The Morgan fingerprint density at radius 3 is 1.57 bits per heavy atom. The van der Waals surface area contributed by atoms with Gasteiger partial charge in [0, 0.05) is 0 Å². The van der Waals surface area contributed by atoms with Crippen molar-refractivity contribution in [3.8, 4) is 5.75 Å². The summed E-state index contributed by atoms with van der Waals surface area (Å²) < 4.78 is 0. The Hall–Kier alpha value is -1.50. The van der Waals surface area contributed by atoms with Gasteiger partial charge in [0.15, 0.2) is 0 Å². The Labute approximate surface area is 141 Å². The summed E-state index contributed by atoms with van der Waals surface area (Å²) >= 11 is 0. The summed E-state index contributed by atoms with van der Waals surface area (Å²) in [6.07, 6.45) is 0. The van der Waals surface area contributed by atoms with Crippen molar-refractivity contribution in [3.05, 3.63) is 41.0 Å². The van der Waals surface area contributed by atoms with E-state index in [1.54, 1.807) is 0 Å². The molecule has 0 fully saturated rings. The van der Waals surface area contributed by atoms with Crippen LogP contribution in [0.3, 0.4) is 0 Å². The molecule has 2 aromatic rings. The van der Waals surface area contributed by atoms with E-state index in [1.165, 1.54) is 16.5 Å².